The van der Waals surface area contributed by atoms with E-state index in [1.807, 2.05) is 17.9 Å². The third kappa shape index (κ3) is 1.65. The molecule has 1 aromatic heterocycles. The highest BCUT2D eigenvalue weighted by Gasteiger charge is 2.25. The first-order chi connectivity index (χ1) is 6.29. The molecule has 72 valence electrons. The van der Waals surface area contributed by atoms with Gasteiger partial charge in [-0.3, -0.25) is 0 Å². The second-order valence-corrected chi connectivity index (χ2v) is 3.58. The molecular weight excluding hydrogens is 166 g/mol. The van der Waals surface area contributed by atoms with Crippen molar-refractivity contribution < 1.29 is 0 Å². The molecule has 0 radical (unpaired) electrons. The molecule has 3 N–H and O–H groups in total. The van der Waals surface area contributed by atoms with Crippen molar-refractivity contribution >= 4 is 5.82 Å². The molecule has 0 aromatic carbocycles. The van der Waals surface area contributed by atoms with Crippen LogP contribution >= 0.6 is 0 Å². The van der Waals surface area contributed by atoms with Crippen LogP contribution in [-0.2, 0) is 0 Å². The van der Waals surface area contributed by atoms with E-state index < -0.39 is 0 Å². The highest BCUT2D eigenvalue weighted by Crippen LogP contribution is 2.29. The summed E-state index contributed by atoms with van der Waals surface area (Å²) < 4.78 is 1.88. The zero-order valence-corrected chi connectivity index (χ0v) is 7.77. The molecule has 0 bridgehead atoms. The first kappa shape index (κ1) is 8.50. The Kier molecular flexibility index (Phi) is 2.18. The van der Waals surface area contributed by atoms with E-state index in [0.29, 0.717) is 17.9 Å². The van der Waals surface area contributed by atoms with Gasteiger partial charge >= 0.3 is 0 Å². The molecule has 2 atom stereocenters. The number of nitrogens with one attached hydrogen (secondary N) is 1. The van der Waals surface area contributed by atoms with Crippen LogP contribution in [0.2, 0.25) is 0 Å². The molecule has 5 nitrogen and oxygen atoms in total. The van der Waals surface area contributed by atoms with E-state index in [9.17, 15) is 0 Å². The number of anilines is 1. The molecule has 1 saturated carbocycles. The third-order valence-corrected chi connectivity index (χ3v) is 2.72. The Labute approximate surface area is 77.3 Å². The number of hydrogen-bond acceptors (Lipinski definition) is 4. The van der Waals surface area contributed by atoms with Crippen LogP contribution in [0.15, 0.2) is 6.20 Å². The molecule has 5 heteroatoms. The quantitative estimate of drug-likeness (QED) is 0.682. The molecule has 1 aliphatic carbocycles. The molecule has 1 heterocycles. The van der Waals surface area contributed by atoms with E-state index in [0.717, 1.165) is 12.8 Å². The minimum atomic E-state index is 0.474. The lowest BCUT2D eigenvalue weighted by molar-refractivity contribution is 0.439. The zero-order valence-electron chi connectivity index (χ0n) is 7.77. The Morgan fingerprint density at radius 2 is 2.46 bits per heavy atom. The van der Waals surface area contributed by atoms with Crippen molar-refractivity contribution in [1.29, 1.82) is 0 Å². The summed E-state index contributed by atoms with van der Waals surface area (Å²) in [7, 11) is 2.00. The number of nitrogen functional groups attached to an aromatic ring is 1. The average molecular weight is 181 g/mol. The van der Waals surface area contributed by atoms with Crippen molar-refractivity contribution in [3.63, 3.8) is 0 Å². The maximum absolute atomic E-state index is 5.50. The topological polar surface area (TPSA) is 68.8 Å². The van der Waals surface area contributed by atoms with Crippen LogP contribution in [0.3, 0.4) is 0 Å². The molecule has 13 heavy (non-hydrogen) atoms. The second-order valence-electron chi connectivity index (χ2n) is 3.58. The Bertz CT molecular complexity index is 282. The fraction of sp³-hybridized carbons (Fsp3) is 0.750. The molecule has 2 rings (SSSR count). The van der Waals surface area contributed by atoms with Gasteiger partial charge in [0.05, 0.1) is 12.2 Å². The molecule has 1 aromatic rings. The highest BCUT2D eigenvalue weighted by atomic mass is 15.4. The summed E-state index contributed by atoms with van der Waals surface area (Å²) in [5, 5.41) is 11.0. The lowest BCUT2D eigenvalue weighted by atomic mass is 10.2. The largest absolute Gasteiger partial charge is 0.381 e. The van der Waals surface area contributed by atoms with E-state index in [1.165, 1.54) is 6.42 Å². The van der Waals surface area contributed by atoms with E-state index in [4.69, 9.17) is 5.73 Å². The molecule has 1 aliphatic rings. The summed E-state index contributed by atoms with van der Waals surface area (Å²) in [6, 6.07) is 1.10. The van der Waals surface area contributed by atoms with E-state index >= 15 is 0 Å². The van der Waals surface area contributed by atoms with Crippen molar-refractivity contribution in [2.45, 2.75) is 31.3 Å². The van der Waals surface area contributed by atoms with Gasteiger partial charge in [0.15, 0.2) is 5.82 Å². The predicted molar refractivity (Wildman–Crippen MR) is 50.2 cm³/mol. The Morgan fingerprint density at radius 3 is 3.00 bits per heavy atom. The summed E-state index contributed by atoms with van der Waals surface area (Å²) in [6.45, 7) is 0. The molecule has 0 aliphatic heterocycles. The molecular formula is C8H15N5. The molecule has 0 spiro atoms. The molecule has 0 saturated heterocycles. The summed E-state index contributed by atoms with van der Waals surface area (Å²) in [6.07, 6.45) is 5.30. The fourth-order valence-corrected chi connectivity index (χ4v) is 1.93. The van der Waals surface area contributed by atoms with Crippen molar-refractivity contribution in [2.75, 3.05) is 12.8 Å². The van der Waals surface area contributed by atoms with Crippen molar-refractivity contribution in [3.05, 3.63) is 6.20 Å². The van der Waals surface area contributed by atoms with E-state index in [2.05, 4.69) is 15.6 Å². The lowest BCUT2D eigenvalue weighted by Gasteiger charge is -2.09. The van der Waals surface area contributed by atoms with Crippen LogP contribution in [-0.4, -0.2) is 28.1 Å². The Morgan fingerprint density at radius 1 is 1.62 bits per heavy atom. The van der Waals surface area contributed by atoms with Gasteiger partial charge in [-0.15, -0.1) is 5.10 Å². The monoisotopic (exact) mass is 181 g/mol. The van der Waals surface area contributed by atoms with Gasteiger partial charge in [0.1, 0.15) is 0 Å². The minimum absolute atomic E-state index is 0.474. The van der Waals surface area contributed by atoms with Crippen LogP contribution in [0.1, 0.15) is 25.3 Å². The normalized spacial score (nSPS) is 28.1. The van der Waals surface area contributed by atoms with Gasteiger partial charge in [-0.25, -0.2) is 4.68 Å². The van der Waals surface area contributed by atoms with Crippen molar-refractivity contribution in [1.82, 2.24) is 20.3 Å². The number of rotatable bonds is 2. The summed E-state index contributed by atoms with van der Waals surface area (Å²) in [4.78, 5) is 0. The van der Waals surface area contributed by atoms with Crippen LogP contribution in [0, 0.1) is 0 Å². The first-order valence-corrected chi connectivity index (χ1v) is 4.64. The SMILES string of the molecule is CNC1CCC(n2cc(N)nn2)C1. The number of nitrogens with two attached hydrogens (primary N) is 1. The Hall–Kier alpha value is -1.10. The van der Waals surface area contributed by atoms with Crippen molar-refractivity contribution in [3.8, 4) is 0 Å². The maximum atomic E-state index is 5.50. The summed E-state index contributed by atoms with van der Waals surface area (Å²) in [5.74, 6) is 0.507. The van der Waals surface area contributed by atoms with Gasteiger partial charge < -0.3 is 11.1 Å². The minimum Gasteiger partial charge on any atom is -0.381 e. The zero-order chi connectivity index (χ0) is 9.26. The van der Waals surface area contributed by atoms with Gasteiger partial charge in [0.2, 0.25) is 0 Å². The summed E-state index contributed by atoms with van der Waals surface area (Å²) in [5.41, 5.74) is 5.50. The summed E-state index contributed by atoms with van der Waals surface area (Å²) >= 11 is 0. The van der Waals surface area contributed by atoms with Crippen molar-refractivity contribution in [2.24, 2.45) is 0 Å². The van der Waals surface area contributed by atoms with Crippen LogP contribution in [0.5, 0.6) is 0 Å². The molecule has 2 unspecified atom stereocenters. The standard InChI is InChI=1S/C8H15N5/c1-10-6-2-3-7(4-6)13-5-8(9)11-12-13/h5-7,10H,2-4,9H2,1H3. The lowest BCUT2D eigenvalue weighted by Crippen LogP contribution is -2.21. The third-order valence-electron chi connectivity index (χ3n) is 2.72. The fourth-order valence-electron chi connectivity index (χ4n) is 1.93. The predicted octanol–water partition coefficient (Wildman–Crippen LogP) is 0.173. The Balaban J connectivity index is 2.03. The number of aromatic nitrogens is 3. The highest BCUT2D eigenvalue weighted by molar-refractivity contribution is 5.20. The maximum Gasteiger partial charge on any atom is 0.165 e. The van der Waals surface area contributed by atoms with Crippen LogP contribution in [0.25, 0.3) is 0 Å². The first-order valence-electron chi connectivity index (χ1n) is 4.64. The second kappa shape index (κ2) is 3.33. The van der Waals surface area contributed by atoms with Gasteiger partial charge in [0, 0.05) is 6.04 Å². The van der Waals surface area contributed by atoms with E-state index in [1.54, 1.807) is 0 Å². The van der Waals surface area contributed by atoms with Gasteiger partial charge in [-0.05, 0) is 26.3 Å². The molecule has 0 amide bonds. The van der Waals surface area contributed by atoms with Gasteiger partial charge in [-0.1, -0.05) is 5.21 Å². The van der Waals surface area contributed by atoms with Gasteiger partial charge in [-0.2, -0.15) is 0 Å². The van der Waals surface area contributed by atoms with Crippen LogP contribution in [0.4, 0.5) is 5.82 Å². The number of hydrogen-bond donors (Lipinski definition) is 2. The van der Waals surface area contributed by atoms with Gasteiger partial charge in [0.25, 0.3) is 0 Å². The molecule has 1 fully saturated rings. The van der Waals surface area contributed by atoms with Crippen LogP contribution < -0.4 is 11.1 Å². The number of nitrogens with zero attached hydrogens (tertiary/aromatic N) is 3. The smallest absolute Gasteiger partial charge is 0.165 e. The average Bonchev–Trinajstić information content (AvgIpc) is 2.71. The van der Waals surface area contributed by atoms with E-state index in [-0.39, 0.29) is 0 Å².